The number of aromatic carboxylic acids is 1. The van der Waals surface area contributed by atoms with E-state index in [1.165, 1.54) is 10.1 Å². The third-order valence-electron chi connectivity index (χ3n) is 2.88. The lowest BCUT2D eigenvalue weighted by Gasteiger charge is -2.02. The van der Waals surface area contributed by atoms with E-state index in [-0.39, 0.29) is 5.01 Å². The number of benzene rings is 1. The highest BCUT2D eigenvalue weighted by Gasteiger charge is 2.14. The number of hydrogen-bond donors (Lipinski definition) is 1. The third kappa shape index (κ3) is 2.00. The molecule has 0 spiro atoms. The van der Waals surface area contributed by atoms with Gasteiger partial charge in [-0.1, -0.05) is 35.1 Å². The van der Waals surface area contributed by atoms with E-state index in [0.29, 0.717) is 4.96 Å². The molecule has 1 N–H and O–H groups in total. The number of rotatable bonds is 2. The van der Waals surface area contributed by atoms with Crippen molar-refractivity contribution in [3.8, 4) is 11.3 Å². The fourth-order valence-electron chi connectivity index (χ4n) is 2.02. The molecule has 0 unspecified atom stereocenters. The van der Waals surface area contributed by atoms with E-state index < -0.39 is 5.97 Å². The fourth-order valence-corrected chi connectivity index (χ4v) is 2.74. The third-order valence-corrected chi connectivity index (χ3v) is 3.79. The van der Waals surface area contributed by atoms with Gasteiger partial charge in [-0.05, 0) is 19.4 Å². The SMILES string of the molecule is Cc1ccc(-c2cn3nc(C(=O)O)sc3n2)c(C)c1. The van der Waals surface area contributed by atoms with Crippen molar-refractivity contribution < 1.29 is 9.90 Å². The first kappa shape index (κ1) is 11.9. The van der Waals surface area contributed by atoms with Gasteiger partial charge in [0, 0.05) is 5.56 Å². The van der Waals surface area contributed by atoms with Crippen molar-refractivity contribution in [2.24, 2.45) is 0 Å². The highest BCUT2D eigenvalue weighted by molar-refractivity contribution is 7.18. The molecule has 0 bridgehead atoms. The number of hydrogen-bond acceptors (Lipinski definition) is 4. The van der Waals surface area contributed by atoms with Crippen LogP contribution >= 0.6 is 11.3 Å². The van der Waals surface area contributed by atoms with Crippen LogP contribution in [0.4, 0.5) is 0 Å². The summed E-state index contributed by atoms with van der Waals surface area (Å²) >= 11 is 1.07. The zero-order valence-electron chi connectivity index (χ0n) is 10.4. The highest BCUT2D eigenvalue weighted by atomic mass is 32.1. The van der Waals surface area contributed by atoms with Crippen LogP contribution in [-0.2, 0) is 0 Å². The van der Waals surface area contributed by atoms with Gasteiger partial charge in [-0.3, -0.25) is 0 Å². The van der Waals surface area contributed by atoms with Crippen molar-refractivity contribution >= 4 is 22.3 Å². The molecule has 2 heterocycles. The fraction of sp³-hybridized carbons (Fsp3) is 0.154. The number of carboxylic acid groups (broad SMARTS) is 1. The second-order valence-corrected chi connectivity index (χ2v) is 5.34. The van der Waals surface area contributed by atoms with Gasteiger partial charge in [0.15, 0.2) is 0 Å². The van der Waals surface area contributed by atoms with E-state index in [0.717, 1.165) is 28.2 Å². The largest absolute Gasteiger partial charge is 0.476 e. The first-order chi connectivity index (χ1) is 9.04. The Bertz CT molecular complexity index is 757. The topological polar surface area (TPSA) is 67.5 Å². The minimum absolute atomic E-state index is 0.0506. The van der Waals surface area contributed by atoms with Gasteiger partial charge in [-0.15, -0.1) is 5.10 Å². The second-order valence-electron chi connectivity index (χ2n) is 4.38. The van der Waals surface area contributed by atoms with Crippen LogP contribution in [0.1, 0.15) is 20.9 Å². The van der Waals surface area contributed by atoms with Crippen molar-refractivity contribution in [2.75, 3.05) is 0 Å². The summed E-state index contributed by atoms with van der Waals surface area (Å²) in [5.41, 5.74) is 4.20. The van der Waals surface area contributed by atoms with Crippen molar-refractivity contribution in [2.45, 2.75) is 13.8 Å². The van der Waals surface area contributed by atoms with Gasteiger partial charge in [0.1, 0.15) is 0 Å². The highest BCUT2D eigenvalue weighted by Crippen LogP contribution is 2.25. The summed E-state index contributed by atoms with van der Waals surface area (Å²) < 4.78 is 1.52. The molecular weight excluding hydrogens is 262 g/mol. The molecule has 0 saturated carbocycles. The van der Waals surface area contributed by atoms with Gasteiger partial charge in [0.2, 0.25) is 9.97 Å². The van der Waals surface area contributed by atoms with Gasteiger partial charge in [0.25, 0.3) is 0 Å². The van der Waals surface area contributed by atoms with Crippen LogP contribution in [0.15, 0.2) is 24.4 Å². The van der Waals surface area contributed by atoms with Gasteiger partial charge < -0.3 is 5.11 Å². The molecule has 5 nitrogen and oxygen atoms in total. The van der Waals surface area contributed by atoms with E-state index in [4.69, 9.17) is 5.11 Å². The number of carbonyl (C=O) groups is 1. The van der Waals surface area contributed by atoms with Crippen molar-refractivity contribution in [3.05, 3.63) is 40.5 Å². The Kier molecular flexibility index (Phi) is 2.60. The van der Waals surface area contributed by atoms with Crippen LogP contribution in [0, 0.1) is 13.8 Å². The lowest BCUT2D eigenvalue weighted by Crippen LogP contribution is -1.95. The van der Waals surface area contributed by atoms with Crippen LogP contribution in [0.3, 0.4) is 0 Å². The number of nitrogens with zero attached hydrogens (tertiary/aromatic N) is 3. The average molecular weight is 273 g/mol. The molecule has 3 aromatic rings. The molecule has 0 aliphatic carbocycles. The number of fused-ring (bicyclic) bond motifs is 1. The average Bonchev–Trinajstić information content (AvgIpc) is 2.86. The molecule has 0 fully saturated rings. The monoisotopic (exact) mass is 273 g/mol. The van der Waals surface area contributed by atoms with E-state index in [1.54, 1.807) is 6.20 Å². The zero-order valence-corrected chi connectivity index (χ0v) is 11.2. The van der Waals surface area contributed by atoms with E-state index in [1.807, 2.05) is 26.0 Å². The molecular formula is C13H11N3O2S. The molecule has 0 saturated heterocycles. The van der Waals surface area contributed by atoms with Crippen molar-refractivity contribution in [1.82, 2.24) is 14.6 Å². The maximum atomic E-state index is 10.8. The molecule has 0 aliphatic heterocycles. The molecule has 0 atom stereocenters. The van der Waals surface area contributed by atoms with Crippen LogP contribution in [0.25, 0.3) is 16.2 Å². The molecule has 0 radical (unpaired) electrons. The van der Waals surface area contributed by atoms with Gasteiger partial charge in [0.05, 0.1) is 11.9 Å². The Balaban J connectivity index is 2.10. The second kappa shape index (κ2) is 4.17. The summed E-state index contributed by atoms with van der Waals surface area (Å²) in [6.07, 6.45) is 1.76. The molecule has 2 aromatic heterocycles. The molecule has 96 valence electrons. The van der Waals surface area contributed by atoms with Crippen LogP contribution in [0.5, 0.6) is 0 Å². The number of carboxylic acids is 1. The quantitative estimate of drug-likeness (QED) is 0.779. The zero-order chi connectivity index (χ0) is 13.6. The lowest BCUT2D eigenvalue weighted by atomic mass is 10.0. The Morgan fingerprint density at radius 1 is 1.37 bits per heavy atom. The Morgan fingerprint density at radius 3 is 2.79 bits per heavy atom. The maximum absolute atomic E-state index is 10.8. The summed E-state index contributed by atoms with van der Waals surface area (Å²) in [5.74, 6) is -1.02. The van der Waals surface area contributed by atoms with Crippen LogP contribution in [0.2, 0.25) is 0 Å². The molecule has 0 amide bonds. The molecule has 6 heteroatoms. The lowest BCUT2D eigenvalue weighted by molar-refractivity contribution is 0.0695. The maximum Gasteiger partial charge on any atom is 0.367 e. The number of imidazole rings is 1. The molecule has 19 heavy (non-hydrogen) atoms. The smallest absolute Gasteiger partial charge is 0.367 e. The van der Waals surface area contributed by atoms with E-state index >= 15 is 0 Å². The predicted octanol–water partition coefficient (Wildman–Crippen LogP) is 2.77. The normalized spacial score (nSPS) is 11.1. The molecule has 0 aliphatic rings. The first-order valence-electron chi connectivity index (χ1n) is 5.72. The van der Waals surface area contributed by atoms with Crippen molar-refractivity contribution in [1.29, 1.82) is 0 Å². The standard InChI is InChI=1S/C13H11N3O2S/c1-7-3-4-9(8(2)5-7)10-6-16-13(14-10)19-11(15-16)12(17)18/h3-6H,1-2H3,(H,17,18). The number of aromatic nitrogens is 3. The number of aryl methyl sites for hydroxylation is 2. The summed E-state index contributed by atoms with van der Waals surface area (Å²) in [4.78, 5) is 15.8. The molecule has 3 rings (SSSR count). The van der Waals surface area contributed by atoms with Gasteiger partial charge in [-0.2, -0.15) is 0 Å². The Labute approximate surface area is 113 Å². The Hall–Kier alpha value is -2.21. The minimum atomic E-state index is -1.02. The summed E-state index contributed by atoms with van der Waals surface area (Å²) in [5, 5.41) is 12.9. The predicted molar refractivity (Wildman–Crippen MR) is 72.7 cm³/mol. The Morgan fingerprint density at radius 2 is 2.16 bits per heavy atom. The van der Waals surface area contributed by atoms with Crippen LogP contribution in [-0.4, -0.2) is 25.7 Å². The summed E-state index contributed by atoms with van der Waals surface area (Å²) in [7, 11) is 0. The summed E-state index contributed by atoms with van der Waals surface area (Å²) in [6, 6.07) is 6.15. The first-order valence-corrected chi connectivity index (χ1v) is 6.53. The van der Waals surface area contributed by atoms with E-state index in [2.05, 4.69) is 16.1 Å². The van der Waals surface area contributed by atoms with Gasteiger partial charge >= 0.3 is 5.97 Å². The minimum Gasteiger partial charge on any atom is -0.476 e. The molecule has 1 aromatic carbocycles. The van der Waals surface area contributed by atoms with E-state index in [9.17, 15) is 4.79 Å². The summed E-state index contributed by atoms with van der Waals surface area (Å²) in [6.45, 7) is 4.08. The van der Waals surface area contributed by atoms with Gasteiger partial charge in [-0.25, -0.2) is 14.3 Å². The van der Waals surface area contributed by atoms with Crippen molar-refractivity contribution in [3.63, 3.8) is 0 Å². The van der Waals surface area contributed by atoms with Crippen LogP contribution < -0.4 is 0 Å².